The number of nitrogens with zero attached hydrogens (tertiary/aromatic N) is 1. The van der Waals surface area contributed by atoms with E-state index in [0.717, 1.165) is 44.9 Å². The zero-order valence-corrected chi connectivity index (χ0v) is 20.0. The largest absolute Gasteiger partial charge is 0.633 e. The fourth-order valence-electron chi connectivity index (χ4n) is 8.16. The number of nitrogens with one attached hydrogen (secondary N) is 1. The highest BCUT2D eigenvalue weighted by Crippen LogP contribution is 2.67. The third kappa shape index (κ3) is 2.58. The van der Waals surface area contributed by atoms with E-state index in [4.69, 9.17) is 4.74 Å². The maximum atomic E-state index is 12.8. The Kier molecular flexibility index (Phi) is 3.86. The standard InChI is InChI=1S/C29H34N2O2/c1-27-12-10-22-17-21-6-7-23(31(2,3)32)18-28(21)13-14-29(22,33-28)26(27)9-8-24(27)20-5-4-19-11-15-30-25(19)16-20/h4-5,8,10-11,15-17,23,26,30H,6-7,9,12-14,18H2,1-3H3/t23-,26+,27+,28+,29?/m0/s1. The third-order valence-electron chi connectivity index (χ3n) is 9.99. The first-order valence-electron chi connectivity index (χ1n) is 12.7. The molecule has 1 N–H and O–H groups in total. The molecule has 172 valence electrons. The van der Waals surface area contributed by atoms with Crippen molar-refractivity contribution in [2.45, 2.75) is 69.1 Å². The van der Waals surface area contributed by atoms with Gasteiger partial charge in [0, 0.05) is 35.9 Å². The van der Waals surface area contributed by atoms with Crippen molar-refractivity contribution >= 4 is 16.5 Å². The molecule has 1 saturated carbocycles. The van der Waals surface area contributed by atoms with Gasteiger partial charge in [-0.25, -0.2) is 0 Å². The van der Waals surface area contributed by atoms with Crippen molar-refractivity contribution in [3.05, 3.63) is 70.6 Å². The average molecular weight is 443 g/mol. The molecule has 1 aromatic carbocycles. The van der Waals surface area contributed by atoms with Gasteiger partial charge in [-0.15, -0.1) is 0 Å². The molecule has 1 aromatic heterocycles. The molecule has 1 saturated heterocycles. The van der Waals surface area contributed by atoms with Crippen molar-refractivity contribution in [1.82, 2.24) is 4.98 Å². The summed E-state index contributed by atoms with van der Waals surface area (Å²) < 4.78 is 7.10. The van der Waals surface area contributed by atoms with Crippen LogP contribution >= 0.6 is 0 Å². The van der Waals surface area contributed by atoms with Crippen LogP contribution in [0.25, 0.3) is 16.5 Å². The van der Waals surface area contributed by atoms with E-state index < -0.39 is 0 Å². The minimum absolute atomic E-state index is 0.0720. The van der Waals surface area contributed by atoms with Crippen LogP contribution in [0.4, 0.5) is 0 Å². The lowest BCUT2D eigenvalue weighted by atomic mass is 9.58. The predicted molar refractivity (Wildman–Crippen MR) is 132 cm³/mol. The highest BCUT2D eigenvalue weighted by atomic mass is 16.5. The van der Waals surface area contributed by atoms with Gasteiger partial charge >= 0.3 is 0 Å². The summed E-state index contributed by atoms with van der Waals surface area (Å²) in [5.41, 5.74) is 6.56. The number of hydrogen-bond donors (Lipinski definition) is 1. The Hall–Kier alpha value is -2.14. The lowest BCUT2D eigenvalue weighted by Gasteiger charge is -2.55. The molecule has 0 amide bonds. The van der Waals surface area contributed by atoms with E-state index in [0.29, 0.717) is 5.92 Å². The lowest BCUT2D eigenvalue weighted by Crippen LogP contribution is -2.56. The Morgan fingerprint density at radius 2 is 2.03 bits per heavy atom. The summed E-state index contributed by atoms with van der Waals surface area (Å²) in [7, 11) is 3.61. The molecular weight excluding hydrogens is 408 g/mol. The first-order chi connectivity index (χ1) is 15.7. The van der Waals surface area contributed by atoms with Gasteiger partial charge in [-0.2, -0.15) is 0 Å². The van der Waals surface area contributed by atoms with Crippen molar-refractivity contribution in [3.8, 4) is 0 Å². The predicted octanol–water partition coefficient (Wildman–Crippen LogP) is 6.26. The summed E-state index contributed by atoms with van der Waals surface area (Å²) in [6, 6.07) is 9.12. The highest BCUT2D eigenvalue weighted by Gasteiger charge is 2.65. The molecular formula is C29H34N2O2. The Morgan fingerprint density at radius 1 is 1.15 bits per heavy atom. The van der Waals surface area contributed by atoms with E-state index in [1.807, 2.05) is 6.20 Å². The Morgan fingerprint density at radius 3 is 2.88 bits per heavy atom. The number of allylic oxidation sites excluding steroid dienone is 3. The molecule has 33 heavy (non-hydrogen) atoms. The van der Waals surface area contributed by atoms with Crippen molar-refractivity contribution in [2.75, 3.05) is 14.1 Å². The van der Waals surface area contributed by atoms with Crippen LogP contribution in [0.3, 0.4) is 0 Å². The van der Waals surface area contributed by atoms with E-state index in [9.17, 15) is 5.21 Å². The fraction of sp³-hybridized carbons (Fsp3) is 0.517. The number of ether oxygens (including phenoxy) is 1. The number of fused-ring (bicyclic) bond motifs is 2. The lowest BCUT2D eigenvalue weighted by molar-refractivity contribution is -0.869. The monoisotopic (exact) mass is 442 g/mol. The molecule has 2 bridgehead atoms. The maximum Gasteiger partial charge on any atom is 0.0980 e. The second-order valence-corrected chi connectivity index (χ2v) is 12.0. The van der Waals surface area contributed by atoms with E-state index in [2.05, 4.69) is 54.4 Å². The molecule has 7 rings (SSSR count). The summed E-state index contributed by atoms with van der Waals surface area (Å²) in [6.07, 6.45) is 16.6. The number of H-pyrrole nitrogens is 1. The molecule has 2 fully saturated rings. The van der Waals surface area contributed by atoms with Crippen LogP contribution in [0.1, 0.15) is 57.4 Å². The maximum absolute atomic E-state index is 12.8. The van der Waals surface area contributed by atoms with Crippen LogP contribution in [0.2, 0.25) is 0 Å². The number of aromatic nitrogens is 1. The van der Waals surface area contributed by atoms with E-state index in [1.54, 1.807) is 14.1 Å². The average Bonchev–Trinajstić information content (AvgIpc) is 3.46. The van der Waals surface area contributed by atoms with Gasteiger partial charge in [-0.1, -0.05) is 37.3 Å². The van der Waals surface area contributed by atoms with Crippen molar-refractivity contribution in [2.24, 2.45) is 11.3 Å². The van der Waals surface area contributed by atoms with E-state index in [1.165, 1.54) is 33.2 Å². The number of hydroxylamine groups is 3. The minimum Gasteiger partial charge on any atom is -0.633 e. The van der Waals surface area contributed by atoms with Crippen LogP contribution in [-0.4, -0.2) is 41.0 Å². The molecule has 5 aliphatic rings. The first kappa shape index (κ1) is 20.3. The number of benzene rings is 1. The molecule has 2 spiro atoms. The van der Waals surface area contributed by atoms with Gasteiger partial charge in [-0.05, 0) is 71.9 Å². The number of hydrogen-bond acceptors (Lipinski definition) is 2. The quantitative estimate of drug-likeness (QED) is 0.441. The van der Waals surface area contributed by atoms with Gasteiger partial charge in [-0.3, -0.25) is 0 Å². The van der Waals surface area contributed by atoms with Crippen LogP contribution < -0.4 is 0 Å². The van der Waals surface area contributed by atoms with Crippen LogP contribution in [-0.2, 0) is 4.74 Å². The van der Waals surface area contributed by atoms with Gasteiger partial charge in [0.1, 0.15) is 0 Å². The normalized spacial score (nSPS) is 39.5. The van der Waals surface area contributed by atoms with Crippen LogP contribution in [0, 0.1) is 16.5 Å². The van der Waals surface area contributed by atoms with E-state index >= 15 is 0 Å². The zero-order chi connectivity index (χ0) is 22.6. The molecule has 3 aliphatic carbocycles. The molecule has 2 aliphatic heterocycles. The summed E-state index contributed by atoms with van der Waals surface area (Å²) in [4.78, 5) is 3.39. The van der Waals surface area contributed by atoms with Gasteiger partial charge < -0.3 is 19.6 Å². The van der Waals surface area contributed by atoms with Crippen molar-refractivity contribution in [3.63, 3.8) is 0 Å². The van der Waals surface area contributed by atoms with Crippen molar-refractivity contribution < 1.29 is 9.38 Å². The Bertz CT molecular complexity index is 1260. The second-order valence-electron chi connectivity index (χ2n) is 12.0. The molecule has 4 nitrogen and oxygen atoms in total. The number of aromatic amines is 1. The molecule has 1 unspecified atom stereocenters. The summed E-state index contributed by atoms with van der Waals surface area (Å²) in [5.74, 6) is 0.451. The van der Waals surface area contributed by atoms with Gasteiger partial charge in [0.05, 0.1) is 31.3 Å². The fourth-order valence-corrected chi connectivity index (χ4v) is 8.16. The summed E-state index contributed by atoms with van der Waals surface area (Å²) in [5, 5.41) is 14.1. The molecule has 3 heterocycles. The van der Waals surface area contributed by atoms with E-state index in [-0.39, 0.29) is 27.3 Å². The first-order valence-corrected chi connectivity index (χ1v) is 12.7. The minimum atomic E-state index is -0.218. The summed E-state index contributed by atoms with van der Waals surface area (Å²) in [6.45, 7) is 2.46. The van der Waals surface area contributed by atoms with Gasteiger partial charge in [0.15, 0.2) is 0 Å². The number of rotatable bonds is 2. The molecule has 0 radical (unpaired) electrons. The third-order valence-corrected chi connectivity index (χ3v) is 9.99. The van der Waals surface area contributed by atoms with Crippen LogP contribution in [0.15, 0.2) is 59.8 Å². The Balaban J connectivity index is 1.28. The van der Waals surface area contributed by atoms with Crippen LogP contribution in [0.5, 0.6) is 0 Å². The van der Waals surface area contributed by atoms with Gasteiger partial charge in [0.25, 0.3) is 0 Å². The molecule has 4 heteroatoms. The van der Waals surface area contributed by atoms with Gasteiger partial charge in [0.2, 0.25) is 0 Å². The second kappa shape index (κ2) is 6.29. The zero-order valence-electron chi connectivity index (χ0n) is 20.0. The van der Waals surface area contributed by atoms with Crippen molar-refractivity contribution in [1.29, 1.82) is 0 Å². The summed E-state index contributed by atoms with van der Waals surface area (Å²) >= 11 is 0. The number of quaternary nitrogens is 1. The molecule has 5 atom stereocenters. The topological polar surface area (TPSA) is 48.1 Å². The highest BCUT2D eigenvalue weighted by molar-refractivity contribution is 5.85. The Labute approximate surface area is 196 Å². The molecule has 2 aromatic rings. The smallest absolute Gasteiger partial charge is 0.0980 e. The SMILES string of the molecule is C[C@]12CC=C3C=C4CC[C@H]([N+](C)(C)[O-])C[C@]45CCC3(O5)[C@@H]1CC=C2c1ccc2cc[nH]c2c1.